The molecule has 0 amide bonds. The van der Waals surface area contributed by atoms with Crippen molar-refractivity contribution in [2.24, 2.45) is 5.14 Å². The van der Waals surface area contributed by atoms with E-state index in [1.165, 1.54) is 24.3 Å². The molecule has 1 fully saturated rings. The topological polar surface area (TPSA) is 110 Å². The molecule has 1 saturated heterocycles. The van der Waals surface area contributed by atoms with E-state index in [-0.39, 0.29) is 17.3 Å². The second-order valence-electron chi connectivity index (χ2n) is 5.25. The number of rotatable bonds is 6. The third-order valence-corrected chi connectivity index (χ3v) is 4.63. The largest absolute Gasteiger partial charge is 0.492 e. The third kappa shape index (κ3) is 5.65. The lowest BCUT2D eigenvalue weighted by molar-refractivity contribution is -0.144. The molecule has 1 heterocycles. The number of carbonyl (C=O) groups is 1. The number of carboxylic acids is 1. The van der Waals surface area contributed by atoms with E-state index in [1.807, 2.05) is 4.90 Å². The van der Waals surface area contributed by atoms with E-state index < -0.39 is 22.0 Å². The Balaban J connectivity index is 0.00000264. The number of carboxylic acid groups (broad SMARTS) is 1. The fourth-order valence-electron chi connectivity index (χ4n) is 2.54. The van der Waals surface area contributed by atoms with Crippen molar-refractivity contribution in [3.05, 3.63) is 24.3 Å². The number of likely N-dealkylation sites (tertiary alicyclic amines) is 1. The molecule has 3 N–H and O–H groups in total. The summed E-state index contributed by atoms with van der Waals surface area (Å²) >= 11 is 0. The predicted octanol–water partition coefficient (Wildman–Crippen LogP) is 1.07. The zero-order valence-electron chi connectivity index (χ0n) is 12.6. The standard InChI is InChI=1S/C14H20N2O5S.ClH/c15-22(19,20)12-6-4-11(5-7-12)21-10-9-16-8-2-1-3-13(16)14(17)18;/h4-7,13H,1-3,8-10H2,(H,17,18)(H2,15,19,20);1H. The van der Waals surface area contributed by atoms with Gasteiger partial charge in [0, 0.05) is 6.54 Å². The molecule has 1 aromatic carbocycles. The van der Waals surface area contributed by atoms with Gasteiger partial charge >= 0.3 is 5.97 Å². The van der Waals surface area contributed by atoms with Crippen LogP contribution in [0.25, 0.3) is 0 Å². The zero-order chi connectivity index (χ0) is 16.2. The van der Waals surface area contributed by atoms with Crippen LogP contribution in [0.4, 0.5) is 0 Å². The first-order chi connectivity index (χ1) is 10.4. The van der Waals surface area contributed by atoms with Crippen LogP contribution in [0.15, 0.2) is 29.2 Å². The van der Waals surface area contributed by atoms with Crippen LogP contribution in [-0.2, 0) is 14.8 Å². The van der Waals surface area contributed by atoms with Gasteiger partial charge in [-0.25, -0.2) is 13.6 Å². The highest BCUT2D eigenvalue weighted by Crippen LogP contribution is 2.18. The molecule has 1 aliphatic heterocycles. The van der Waals surface area contributed by atoms with Gasteiger partial charge in [-0.1, -0.05) is 6.42 Å². The third-order valence-electron chi connectivity index (χ3n) is 3.70. The molecule has 1 unspecified atom stereocenters. The second-order valence-corrected chi connectivity index (χ2v) is 6.81. The van der Waals surface area contributed by atoms with Crippen molar-refractivity contribution >= 4 is 28.4 Å². The summed E-state index contributed by atoms with van der Waals surface area (Å²) in [5.74, 6) is -0.270. The Bertz CT molecular complexity index is 621. The van der Waals surface area contributed by atoms with Crippen molar-refractivity contribution in [2.75, 3.05) is 19.7 Å². The van der Waals surface area contributed by atoms with Crippen LogP contribution in [-0.4, -0.2) is 50.1 Å². The maximum absolute atomic E-state index is 11.2. The van der Waals surface area contributed by atoms with Gasteiger partial charge in [-0.2, -0.15) is 0 Å². The molecule has 0 aliphatic carbocycles. The number of aliphatic carboxylic acids is 1. The number of benzene rings is 1. The molecule has 130 valence electrons. The van der Waals surface area contributed by atoms with Gasteiger partial charge in [-0.3, -0.25) is 9.69 Å². The molecule has 1 aromatic rings. The quantitative estimate of drug-likeness (QED) is 0.781. The summed E-state index contributed by atoms with van der Waals surface area (Å²) in [4.78, 5) is 13.1. The summed E-state index contributed by atoms with van der Waals surface area (Å²) in [5, 5.41) is 14.2. The van der Waals surface area contributed by atoms with Gasteiger partial charge in [0.2, 0.25) is 10.0 Å². The normalized spacial score (nSPS) is 18.9. The van der Waals surface area contributed by atoms with Crippen molar-refractivity contribution < 1.29 is 23.1 Å². The van der Waals surface area contributed by atoms with Crippen LogP contribution < -0.4 is 9.88 Å². The molecule has 23 heavy (non-hydrogen) atoms. The van der Waals surface area contributed by atoms with Crippen LogP contribution in [0.1, 0.15) is 19.3 Å². The highest BCUT2D eigenvalue weighted by atomic mass is 35.5. The Morgan fingerprint density at radius 1 is 1.30 bits per heavy atom. The number of sulfonamides is 1. The Morgan fingerprint density at radius 2 is 1.96 bits per heavy atom. The summed E-state index contributed by atoms with van der Waals surface area (Å²) in [7, 11) is -3.70. The van der Waals surface area contributed by atoms with Crippen LogP contribution in [0.2, 0.25) is 0 Å². The van der Waals surface area contributed by atoms with E-state index >= 15 is 0 Å². The van der Waals surface area contributed by atoms with Crippen LogP contribution in [0.5, 0.6) is 5.75 Å². The minimum Gasteiger partial charge on any atom is -0.492 e. The smallest absolute Gasteiger partial charge is 0.320 e. The number of hydrogen-bond donors (Lipinski definition) is 2. The predicted molar refractivity (Wildman–Crippen MR) is 87.4 cm³/mol. The van der Waals surface area contributed by atoms with Crippen molar-refractivity contribution in [3.8, 4) is 5.75 Å². The number of halogens is 1. The lowest BCUT2D eigenvalue weighted by Gasteiger charge is -2.32. The van der Waals surface area contributed by atoms with Crippen molar-refractivity contribution in [1.82, 2.24) is 4.90 Å². The molecule has 1 atom stereocenters. The molecule has 0 spiro atoms. The molecule has 0 radical (unpaired) electrons. The number of ether oxygens (including phenoxy) is 1. The average molecular weight is 365 g/mol. The van der Waals surface area contributed by atoms with E-state index in [0.717, 1.165) is 19.4 Å². The number of piperidine rings is 1. The van der Waals surface area contributed by atoms with Crippen LogP contribution in [0.3, 0.4) is 0 Å². The highest BCUT2D eigenvalue weighted by molar-refractivity contribution is 7.89. The first-order valence-corrected chi connectivity index (χ1v) is 8.65. The fourth-order valence-corrected chi connectivity index (χ4v) is 3.06. The maximum Gasteiger partial charge on any atom is 0.320 e. The molecule has 0 bridgehead atoms. The van der Waals surface area contributed by atoms with Crippen molar-refractivity contribution in [2.45, 2.75) is 30.2 Å². The van der Waals surface area contributed by atoms with E-state index in [4.69, 9.17) is 9.88 Å². The SMILES string of the molecule is Cl.NS(=O)(=O)c1ccc(OCCN2CCCCC2C(=O)O)cc1. The van der Waals surface area contributed by atoms with Crippen molar-refractivity contribution in [3.63, 3.8) is 0 Å². The van der Waals surface area contributed by atoms with Crippen LogP contribution >= 0.6 is 12.4 Å². The summed E-state index contributed by atoms with van der Waals surface area (Å²) in [6, 6.07) is 5.38. The van der Waals surface area contributed by atoms with Gasteiger partial charge in [0.05, 0.1) is 4.90 Å². The highest BCUT2D eigenvalue weighted by Gasteiger charge is 2.27. The molecule has 1 aliphatic rings. The average Bonchev–Trinajstić information content (AvgIpc) is 2.47. The van der Waals surface area contributed by atoms with E-state index in [2.05, 4.69) is 0 Å². The molecule has 0 aromatic heterocycles. The van der Waals surface area contributed by atoms with Gasteiger partial charge in [-0.05, 0) is 43.7 Å². The molecule has 7 nitrogen and oxygen atoms in total. The lowest BCUT2D eigenvalue weighted by Crippen LogP contribution is -2.46. The number of nitrogens with two attached hydrogens (primary N) is 1. The van der Waals surface area contributed by atoms with Crippen molar-refractivity contribution in [1.29, 1.82) is 0 Å². The van der Waals surface area contributed by atoms with Gasteiger partial charge in [0.25, 0.3) is 0 Å². The molecule has 0 saturated carbocycles. The Hall–Kier alpha value is -1.35. The Kier molecular flexibility index (Phi) is 7.27. The maximum atomic E-state index is 11.2. The Labute approximate surface area is 141 Å². The lowest BCUT2D eigenvalue weighted by atomic mass is 10.0. The first-order valence-electron chi connectivity index (χ1n) is 7.10. The van der Waals surface area contributed by atoms with Crippen LogP contribution in [0, 0.1) is 0 Å². The summed E-state index contributed by atoms with van der Waals surface area (Å²) < 4.78 is 27.8. The molecule has 9 heteroatoms. The van der Waals surface area contributed by atoms with Gasteiger partial charge in [0.1, 0.15) is 18.4 Å². The summed E-state index contributed by atoms with van der Waals surface area (Å²) in [5.41, 5.74) is 0. The number of primary sulfonamides is 1. The number of nitrogens with zero attached hydrogens (tertiary/aromatic N) is 1. The fraction of sp³-hybridized carbons (Fsp3) is 0.500. The van der Waals surface area contributed by atoms with E-state index in [9.17, 15) is 18.3 Å². The summed E-state index contributed by atoms with van der Waals surface area (Å²) in [6.07, 6.45) is 2.59. The minimum absolute atomic E-state index is 0. The molecule has 2 rings (SSSR count). The van der Waals surface area contributed by atoms with Gasteiger partial charge in [0.15, 0.2) is 0 Å². The Morgan fingerprint density at radius 3 is 2.52 bits per heavy atom. The van der Waals surface area contributed by atoms with E-state index in [0.29, 0.717) is 25.3 Å². The molecular weight excluding hydrogens is 344 g/mol. The molecular formula is C14H21ClN2O5S. The minimum atomic E-state index is -3.70. The van der Waals surface area contributed by atoms with Gasteiger partial charge < -0.3 is 9.84 Å². The zero-order valence-corrected chi connectivity index (χ0v) is 14.2. The van der Waals surface area contributed by atoms with E-state index in [1.54, 1.807) is 0 Å². The summed E-state index contributed by atoms with van der Waals surface area (Å²) in [6.45, 7) is 1.62. The van der Waals surface area contributed by atoms with Gasteiger partial charge in [-0.15, -0.1) is 12.4 Å². The first kappa shape index (κ1) is 19.7. The monoisotopic (exact) mass is 364 g/mol. The second kappa shape index (κ2) is 8.49. The number of hydrogen-bond acceptors (Lipinski definition) is 5.